The Kier molecular flexibility index (Phi) is 3.30. The second-order valence-corrected chi connectivity index (χ2v) is 6.81. The predicted octanol–water partition coefficient (Wildman–Crippen LogP) is 1.12. The topological polar surface area (TPSA) is 75.3 Å². The molecule has 0 fully saturated rings. The number of sulfonamides is 1. The van der Waals surface area contributed by atoms with E-state index in [0.29, 0.717) is 17.8 Å². The molecule has 0 saturated carbocycles. The van der Waals surface area contributed by atoms with Crippen LogP contribution in [0.5, 0.6) is 0 Å². The van der Waals surface area contributed by atoms with Crippen LogP contribution in [0.3, 0.4) is 0 Å². The van der Waals surface area contributed by atoms with E-state index >= 15 is 0 Å². The zero-order chi connectivity index (χ0) is 13.3. The number of fused-ring (bicyclic) bond motifs is 1. The molecule has 18 heavy (non-hydrogen) atoms. The normalized spacial score (nSPS) is 15.2. The number of anilines is 1. The highest BCUT2D eigenvalue weighted by molar-refractivity contribution is 7.93. The van der Waals surface area contributed by atoms with Crippen molar-refractivity contribution < 1.29 is 13.2 Å². The number of hydrogen-bond donors (Lipinski definition) is 2. The van der Waals surface area contributed by atoms with Crippen LogP contribution < -0.4 is 10.0 Å². The Labute approximate surface area is 107 Å². The molecule has 1 aliphatic rings. The van der Waals surface area contributed by atoms with E-state index in [-0.39, 0.29) is 5.91 Å². The highest BCUT2D eigenvalue weighted by Crippen LogP contribution is 2.20. The van der Waals surface area contributed by atoms with Crippen LogP contribution in [0.4, 0.5) is 5.69 Å². The fraction of sp³-hybridized carbons (Fsp3) is 0.417. The minimum atomic E-state index is -3.38. The van der Waals surface area contributed by atoms with Crippen LogP contribution in [0, 0.1) is 0 Å². The number of carbonyl (C=O) groups is 1. The Balaban J connectivity index is 2.32. The number of benzene rings is 1. The summed E-state index contributed by atoms with van der Waals surface area (Å²) < 4.78 is 26.0. The molecule has 1 heterocycles. The number of carbonyl (C=O) groups excluding carboxylic acids is 1. The fourth-order valence-corrected chi connectivity index (χ4v) is 2.45. The molecule has 0 bridgehead atoms. The van der Waals surface area contributed by atoms with Crippen LogP contribution in [-0.2, 0) is 16.4 Å². The lowest BCUT2D eigenvalue weighted by atomic mass is 10.00. The zero-order valence-corrected chi connectivity index (χ0v) is 11.2. The third-order valence-corrected chi connectivity index (χ3v) is 4.68. The first-order valence-electron chi connectivity index (χ1n) is 5.83. The summed E-state index contributed by atoms with van der Waals surface area (Å²) in [5, 5.41) is 2.22. The van der Waals surface area contributed by atoms with Gasteiger partial charge >= 0.3 is 0 Å². The monoisotopic (exact) mass is 268 g/mol. The van der Waals surface area contributed by atoms with E-state index in [1.807, 2.05) is 0 Å². The van der Waals surface area contributed by atoms with Crippen molar-refractivity contribution in [1.29, 1.82) is 0 Å². The lowest BCUT2D eigenvalue weighted by Crippen LogP contribution is -2.32. The highest BCUT2D eigenvalue weighted by atomic mass is 32.2. The average molecular weight is 268 g/mol. The van der Waals surface area contributed by atoms with Crippen molar-refractivity contribution in [2.24, 2.45) is 0 Å². The van der Waals surface area contributed by atoms with Gasteiger partial charge in [0.25, 0.3) is 5.91 Å². The van der Waals surface area contributed by atoms with Gasteiger partial charge in [-0.05, 0) is 38.0 Å². The molecule has 0 aliphatic carbocycles. The zero-order valence-electron chi connectivity index (χ0n) is 10.4. The van der Waals surface area contributed by atoms with Gasteiger partial charge in [-0.1, -0.05) is 6.07 Å². The second-order valence-electron chi connectivity index (χ2n) is 4.57. The first-order valence-corrected chi connectivity index (χ1v) is 7.37. The van der Waals surface area contributed by atoms with Gasteiger partial charge in [0.15, 0.2) is 0 Å². The van der Waals surface area contributed by atoms with E-state index in [1.54, 1.807) is 32.0 Å². The van der Waals surface area contributed by atoms with Crippen LogP contribution in [0.1, 0.15) is 29.8 Å². The minimum absolute atomic E-state index is 0.151. The van der Waals surface area contributed by atoms with E-state index in [9.17, 15) is 13.2 Å². The molecule has 1 aliphatic heterocycles. The van der Waals surface area contributed by atoms with Gasteiger partial charge in [0.05, 0.1) is 5.25 Å². The van der Waals surface area contributed by atoms with Gasteiger partial charge in [-0.15, -0.1) is 0 Å². The van der Waals surface area contributed by atoms with E-state index in [2.05, 4.69) is 10.0 Å². The molecule has 0 unspecified atom stereocenters. The summed E-state index contributed by atoms with van der Waals surface area (Å²) in [6.45, 7) is 3.84. The molecule has 6 heteroatoms. The lowest BCUT2D eigenvalue weighted by molar-refractivity contribution is 0.0946. The SMILES string of the molecule is CC(C)S(=O)(=O)Nc1ccc2c(c1)C(=O)NCC2. The van der Waals surface area contributed by atoms with Gasteiger partial charge in [0, 0.05) is 17.8 Å². The molecule has 2 N–H and O–H groups in total. The molecule has 1 aromatic carbocycles. The molecule has 0 atom stereocenters. The standard InChI is InChI=1S/C12H16N2O3S/c1-8(2)18(16,17)14-10-4-3-9-5-6-13-12(15)11(9)7-10/h3-4,7-8,14H,5-6H2,1-2H3,(H,13,15). The van der Waals surface area contributed by atoms with E-state index in [4.69, 9.17) is 0 Å². The number of amides is 1. The highest BCUT2D eigenvalue weighted by Gasteiger charge is 2.19. The Morgan fingerprint density at radius 2 is 2.06 bits per heavy atom. The minimum Gasteiger partial charge on any atom is -0.352 e. The average Bonchev–Trinajstić information content (AvgIpc) is 2.29. The summed E-state index contributed by atoms with van der Waals surface area (Å²) in [5.74, 6) is -0.151. The Hall–Kier alpha value is -1.56. The molecule has 98 valence electrons. The van der Waals surface area contributed by atoms with Crippen molar-refractivity contribution in [2.45, 2.75) is 25.5 Å². The first-order chi connectivity index (χ1) is 8.40. The number of rotatable bonds is 3. The van der Waals surface area contributed by atoms with Crippen molar-refractivity contribution in [2.75, 3.05) is 11.3 Å². The molecule has 1 aromatic rings. The van der Waals surface area contributed by atoms with Crippen molar-refractivity contribution in [3.63, 3.8) is 0 Å². The van der Waals surface area contributed by atoms with Gasteiger partial charge in [0.1, 0.15) is 0 Å². The number of nitrogens with one attached hydrogen (secondary N) is 2. The molecule has 1 amide bonds. The molecule has 2 rings (SSSR count). The quantitative estimate of drug-likeness (QED) is 0.862. The van der Waals surface area contributed by atoms with Gasteiger partial charge in [0.2, 0.25) is 10.0 Å². The van der Waals surface area contributed by atoms with Crippen LogP contribution in [0.15, 0.2) is 18.2 Å². The van der Waals surface area contributed by atoms with Gasteiger partial charge in [-0.3, -0.25) is 9.52 Å². The van der Waals surface area contributed by atoms with Crippen LogP contribution in [0.25, 0.3) is 0 Å². The lowest BCUT2D eigenvalue weighted by Gasteiger charge is -2.18. The molecule has 5 nitrogen and oxygen atoms in total. The number of hydrogen-bond acceptors (Lipinski definition) is 3. The Morgan fingerprint density at radius 3 is 2.72 bits per heavy atom. The van der Waals surface area contributed by atoms with E-state index in [0.717, 1.165) is 12.0 Å². The van der Waals surface area contributed by atoms with E-state index < -0.39 is 15.3 Å². The summed E-state index contributed by atoms with van der Waals surface area (Å²) in [7, 11) is -3.38. The van der Waals surface area contributed by atoms with Crippen LogP contribution >= 0.6 is 0 Å². The molecule has 0 spiro atoms. The van der Waals surface area contributed by atoms with Crippen molar-refractivity contribution in [3.8, 4) is 0 Å². The van der Waals surface area contributed by atoms with Gasteiger partial charge in [-0.25, -0.2) is 8.42 Å². The van der Waals surface area contributed by atoms with Crippen LogP contribution in [0.2, 0.25) is 0 Å². The third kappa shape index (κ3) is 2.48. The Bertz CT molecular complexity index is 579. The first kappa shape index (κ1) is 12.9. The van der Waals surface area contributed by atoms with Gasteiger partial charge in [-0.2, -0.15) is 0 Å². The molecule has 0 saturated heterocycles. The van der Waals surface area contributed by atoms with Crippen molar-refractivity contribution in [3.05, 3.63) is 29.3 Å². The second kappa shape index (κ2) is 4.61. The van der Waals surface area contributed by atoms with Crippen molar-refractivity contribution in [1.82, 2.24) is 5.32 Å². The molecular weight excluding hydrogens is 252 g/mol. The molecule has 0 aromatic heterocycles. The summed E-state index contributed by atoms with van der Waals surface area (Å²) in [4.78, 5) is 11.6. The van der Waals surface area contributed by atoms with Gasteiger partial charge < -0.3 is 5.32 Å². The van der Waals surface area contributed by atoms with E-state index in [1.165, 1.54) is 0 Å². The summed E-state index contributed by atoms with van der Waals surface area (Å²) in [6.07, 6.45) is 0.776. The van der Waals surface area contributed by atoms with Crippen molar-refractivity contribution >= 4 is 21.6 Å². The largest absolute Gasteiger partial charge is 0.352 e. The maximum absolute atomic E-state index is 11.7. The fourth-order valence-electron chi connectivity index (χ4n) is 1.76. The molecule has 0 radical (unpaired) electrons. The molecular formula is C12H16N2O3S. The maximum Gasteiger partial charge on any atom is 0.251 e. The summed E-state index contributed by atoms with van der Waals surface area (Å²) >= 11 is 0. The summed E-state index contributed by atoms with van der Waals surface area (Å²) in [6, 6.07) is 5.08. The van der Waals surface area contributed by atoms with Crippen LogP contribution in [-0.4, -0.2) is 26.1 Å². The summed E-state index contributed by atoms with van der Waals surface area (Å²) in [5.41, 5.74) is 1.93. The predicted molar refractivity (Wildman–Crippen MR) is 70.2 cm³/mol. The smallest absolute Gasteiger partial charge is 0.251 e. The Morgan fingerprint density at radius 1 is 1.33 bits per heavy atom. The maximum atomic E-state index is 11.7. The third-order valence-electron chi connectivity index (χ3n) is 2.92.